The average Bonchev–Trinajstić information content (AvgIpc) is 3.19. The van der Waals surface area contributed by atoms with Crippen molar-refractivity contribution in [3.8, 4) is 226 Å². The van der Waals surface area contributed by atoms with Crippen molar-refractivity contribution < 1.29 is 9.59 Å². The molecule has 3 rings (SSSR count). The van der Waals surface area contributed by atoms with Crippen molar-refractivity contribution in [3.63, 3.8) is 0 Å². The van der Waals surface area contributed by atoms with Crippen LogP contribution in [0.5, 0.6) is 0 Å². The normalized spacial score (nSPS) is 7.66. The number of fused-ring (bicyclic) bond motifs is 3. The summed E-state index contributed by atoms with van der Waals surface area (Å²) >= 11 is 0. The Labute approximate surface area is 329 Å². The molecule has 0 fully saturated rings. The van der Waals surface area contributed by atoms with E-state index in [4.69, 9.17) is 19.3 Å². The maximum absolute atomic E-state index is 14.4. The SMILES string of the molecule is C#CC#CC#CC#CC#Cc1c(C#CC#CC#CC#CC)c(C#CC#CC#CC#C)c(C#CC#CC#CC)c2c1C(=O)C(=O)c1cc(C)c(C#C)c(C#CC)c1-2. The van der Waals surface area contributed by atoms with Gasteiger partial charge in [-0.25, -0.2) is 0 Å². The molecule has 0 amide bonds. The van der Waals surface area contributed by atoms with E-state index >= 15 is 0 Å². The summed E-state index contributed by atoms with van der Waals surface area (Å²) in [5.41, 5.74) is 2.04. The van der Waals surface area contributed by atoms with Gasteiger partial charge in [0.15, 0.2) is 0 Å². The number of ketones is 2. The van der Waals surface area contributed by atoms with Crippen LogP contribution in [0.25, 0.3) is 11.1 Å². The highest BCUT2D eigenvalue weighted by molar-refractivity contribution is 6.54. The van der Waals surface area contributed by atoms with Gasteiger partial charge in [0, 0.05) is 27.8 Å². The molecular formula is C54H16O2. The summed E-state index contributed by atoms with van der Waals surface area (Å²) in [6, 6.07) is 1.55. The van der Waals surface area contributed by atoms with E-state index in [0.717, 1.165) is 0 Å². The summed E-state index contributed by atoms with van der Waals surface area (Å²) in [7, 11) is 0. The van der Waals surface area contributed by atoms with Crippen LogP contribution >= 0.6 is 0 Å². The first-order chi connectivity index (χ1) is 27.4. The van der Waals surface area contributed by atoms with E-state index < -0.39 is 11.6 Å². The van der Waals surface area contributed by atoms with Crippen molar-refractivity contribution in [2.75, 3.05) is 0 Å². The van der Waals surface area contributed by atoms with Crippen molar-refractivity contribution in [3.05, 3.63) is 56.1 Å². The molecule has 0 heterocycles. The lowest BCUT2D eigenvalue weighted by atomic mass is 9.73. The maximum atomic E-state index is 14.4. The second kappa shape index (κ2) is 21.8. The zero-order chi connectivity index (χ0) is 40.5. The number of benzene rings is 2. The predicted octanol–water partition coefficient (Wildman–Crippen LogP) is 4.14. The smallest absolute Gasteiger partial charge is 0.235 e. The van der Waals surface area contributed by atoms with Gasteiger partial charge in [0.2, 0.25) is 11.6 Å². The minimum atomic E-state index is -0.898. The van der Waals surface area contributed by atoms with E-state index in [9.17, 15) is 9.59 Å². The highest BCUT2D eigenvalue weighted by Gasteiger charge is 2.38. The van der Waals surface area contributed by atoms with E-state index in [-0.39, 0.29) is 44.5 Å². The molecule has 56 heavy (non-hydrogen) atoms. The molecule has 0 unspecified atom stereocenters. The van der Waals surface area contributed by atoms with Gasteiger partial charge in [-0.1, -0.05) is 47.4 Å². The molecule has 1 aliphatic carbocycles. The molecule has 0 N–H and O–H groups in total. The largest absolute Gasteiger partial charge is 0.285 e. The first-order valence-corrected chi connectivity index (χ1v) is 15.6. The molecule has 0 radical (unpaired) electrons. The topological polar surface area (TPSA) is 34.1 Å². The van der Waals surface area contributed by atoms with Gasteiger partial charge in [-0.3, -0.25) is 9.59 Å². The Kier molecular flexibility index (Phi) is 15.7. The fraction of sp³-hybridized carbons (Fsp3) is 0.0741. The van der Waals surface area contributed by atoms with Gasteiger partial charge in [-0.15, -0.1) is 25.2 Å². The zero-order valence-electron chi connectivity index (χ0n) is 30.1. The molecule has 2 aromatic rings. The molecule has 1 aliphatic rings. The van der Waals surface area contributed by atoms with E-state index in [1.54, 1.807) is 33.8 Å². The highest BCUT2D eigenvalue weighted by atomic mass is 16.2. The van der Waals surface area contributed by atoms with Crippen LogP contribution < -0.4 is 0 Å². The van der Waals surface area contributed by atoms with Gasteiger partial charge >= 0.3 is 0 Å². The predicted molar refractivity (Wildman–Crippen MR) is 220 cm³/mol. The monoisotopic (exact) mass is 696 g/mol. The van der Waals surface area contributed by atoms with E-state index in [0.29, 0.717) is 16.7 Å². The second-order valence-electron chi connectivity index (χ2n) is 9.83. The van der Waals surface area contributed by atoms with Gasteiger partial charge in [0.1, 0.15) is 0 Å². The highest BCUT2D eigenvalue weighted by Crippen LogP contribution is 2.44. The quantitative estimate of drug-likeness (QED) is 0.307. The van der Waals surface area contributed by atoms with Crippen LogP contribution in [0.15, 0.2) is 6.07 Å². The van der Waals surface area contributed by atoms with E-state index in [1.807, 2.05) is 0 Å². The number of carbonyl (C=O) groups excluding carboxylic acids is 2. The summed E-state index contributed by atoms with van der Waals surface area (Å²) in [6.07, 6.45) is 16.3. The number of carbonyl (C=O) groups is 2. The number of aryl methyl sites for hydroxylation is 1. The van der Waals surface area contributed by atoms with Crippen molar-refractivity contribution in [2.24, 2.45) is 0 Å². The Morgan fingerprint density at radius 1 is 0.375 bits per heavy atom. The summed E-state index contributed by atoms with van der Waals surface area (Å²) in [5, 5.41) is 0. The summed E-state index contributed by atoms with van der Waals surface area (Å²) in [6.45, 7) is 6.61. The third-order valence-corrected chi connectivity index (χ3v) is 6.62. The molecule has 2 aromatic carbocycles. The second-order valence-corrected chi connectivity index (χ2v) is 9.83. The lowest BCUT2D eigenvalue weighted by Gasteiger charge is -2.25. The summed E-state index contributed by atoms with van der Waals surface area (Å²) in [4.78, 5) is 28.4. The van der Waals surface area contributed by atoms with Crippen molar-refractivity contribution in [1.29, 1.82) is 0 Å². The number of hydrogen-bond donors (Lipinski definition) is 0. The minimum Gasteiger partial charge on any atom is -0.285 e. The zero-order valence-corrected chi connectivity index (χ0v) is 30.1. The molecule has 0 saturated heterocycles. The molecule has 0 atom stereocenters. The summed E-state index contributed by atoms with van der Waals surface area (Å²) < 4.78 is 0. The van der Waals surface area contributed by atoms with Crippen molar-refractivity contribution >= 4 is 11.6 Å². The maximum Gasteiger partial charge on any atom is 0.235 e. The van der Waals surface area contributed by atoms with Gasteiger partial charge in [0.25, 0.3) is 0 Å². The molecule has 0 saturated carbocycles. The van der Waals surface area contributed by atoms with Crippen LogP contribution in [-0.2, 0) is 0 Å². The van der Waals surface area contributed by atoms with Crippen LogP contribution in [0, 0.1) is 222 Å². The molecule has 2 nitrogen and oxygen atoms in total. The van der Waals surface area contributed by atoms with Gasteiger partial charge < -0.3 is 0 Å². The Morgan fingerprint density at radius 3 is 1.16 bits per heavy atom. The fourth-order valence-electron chi connectivity index (χ4n) is 4.67. The van der Waals surface area contributed by atoms with Crippen molar-refractivity contribution in [1.82, 2.24) is 0 Å². The average molecular weight is 697 g/mol. The van der Waals surface area contributed by atoms with E-state index in [2.05, 4.69) is 195 Å². The van der Waals surface area contributed by atoms with Crippen LogP contribution in [0.1, 0.15) is 80.4 Å². The van der Waals surface area contributed by atoms with Crippen LogP contribution in [0.2, 0.25) is 0 Å². The minimum absolute atomic E-state index is 0.00766. The summed E-state index contributed by atoms with van der Waals surface area (Å²) in [5.74, 6) is 85.2. The van der Waals surface area contributed by atoms with Gasteiger partial charge in [-0.2, -0.15) is 0 Å². The lowest BCUT2D eigenvalue weighted by Crippen LogP contribution is -2.26. The van der Waals surface area contributed by atoms with Crippen molar-refractivity contribution in [2.45, 2.75) is 27.7 Å². The Hall–Kier alpha value is -10.1. The van der Waals surface area contributed by atoms with Gasteiger partial charge in [0.05, 0.1) is 27.8 Å². The Bertz CT molecular complexity index is 3320. The van der Waals surface area contributed by atoms with Crippen LogP contribution in [-0.4, -0.2) is 11.6 Å². The Morgan fingerprint density at radius 2 is 0.750 bits per heavy atom. The molecule has 0 aromatic heterocycles. The number of hydrogen-bond acceptors (Lipinski definition) is 2. The first-order valence-electron chi connectivity index (χ1n) is 15.6. The third-order valence-electron chi connectivity index (χ3n) is 6.62. The fourth-order valence-corrected chi connectivity index (χ4v) is 4.67. The van der Waals surface area contributed by atoms with E-state index in [1.165, 1.54) is 0 Å². The van der Waals surface area contributed by atoms with Gasteiger partial charge in [-0.05, 0) is 181 Å². The number of Topliss-reactive ketones (excluding diaryl/α,β-unsaturated/α-hetero) is 2. The lowest BCUT2D eigenvalue weighted by molar-refractivity contribution is 0.0815. The standard InChI is InChI=1S/C54H16O2/c1-8-14-18-22-25-27-31-35-40-48-45(38-33-30-26-23-19-15-9-2)44(37-32-29-24-20-16-10-3)47(39-34-28-21-17-11-4)51-50-46(36-12-5)43(13-6)42(7)41-49(50)53(55)54(56)52(48)51/h1,3,6,41H,2,4-5,7H3. The Balaban J connectivity index is 2.85. The first kappa shape index (κ1) is 40.3. The van der Waals surface area contributed by atoms with Crippen LogP contribution in [0.4, 0.5) is 0 Å². The number of terminal acetylenes is 3. The molecule has 0 spiro atoms. The molecule has 244 valence electrons. The van der Waals surface area contributed by atoms with Crippen LogP contribution in [0.3, 0.4) is 0 Å². The number of rotatable bonds is 0. The molecule has 2 heteroatoms. The molecule has 0 bridgehead atoms. The molecule has 0 aliphatic heterocycles. The third kappa shape index (κ3) is 10.2. The molecular weight excluding hydrogens is 681 g/mol.